The molecule has 0 spiro atoms. The quantitative estimate of drug-likeness (QED) is 0.0953. The SMILES string of the molecule is [Ir].[c-]1cc(-c2ccccc2-c2cc(CCc3c[c-]c(N4C=CN(c5ccccc5)[CH-]4)cc3)cc(CCc3c[c-]c(N4C=CN(c5ccccc5)[CH-]4)cc3)c2)ccc1-c1cc(-c2ccc(-c3ccccc3)cc2)ccn1. The number of anilines is 4. The first-order valence-corrected chi connectivity index (χ1v) is 25.3. The topological polar surface area (TPSA) is 25.9 Å². The Labute approximate surface area is 455 Å². The molecule has 2 aliphatic heterocycles. The molecular weight excluding hydrogens is 1090 g/mol. The smallest absolute Gasteiger partial charge is 0.0166 e. The molecule has 0 N–H and O–H groups in total. The molecule has 1 radical (unpaired) electrons. The van der Waals surface area contributed by atoms with Crippen LogP contribution in [0.3, 0.4) is 0 Å². The molecule has 12 rings (SSSR count). The van der Waals surface area contributed by atoms with E-state index in [9.17, 15) is 0 Å². The van der Waals surface area contributed by atoms with Crippen LogP contribution in [-0.4, -0.2) is 4.98 Å². The Morgan fingerprint density at radius 2 is 0.813 bits per heavy atom. The average Bonchev–Trinajstić information content (AvgIpc) is 4.20. The molecule has 0 atom stereocenters. The molecule has 6 heteroatoms. The van der Waals surface area contributed by atoms with Gasteiger partial charge in [-0.3, -0.25) is 0 Å². The summed E-state index contributed by atoms with van der Waals surface area (Å²) in [5, 5.41) is 0. The number of hydrogen-bond donors (Lipinski definition) is 0. The Morgan fingerprint density at radius 1 is 0.347 bits per heavy atom. The van der Waals surface area contributed by atoms with Crippen molar-refractivity contribution >= 4 is 22.7 Å². The second-order valence-corrected chi connectivity index (χ2v) is 18.7. The predicted octanol–water partition coefficient (Wildman–Crippen LogP) is 16.2. The van der Waals surface area contributed by atoms with Gasteiger partial charge in [0.1, 0.15) is 0 Å². The molecule has 9 aromatic carbocycles. The summed E-state index contributed by atoms with van der Waals surface area (Å²) in [6.07, 6.45) is 13.8. The van der Waals surface area contributed by atoms with Gasteiger partial charge in [-0.25, -0.2) is 0 Å². The van der Waals surface area contributed by atoms with Crippen LogP contribution in [0, 0.1) is 31.5 Å². The van der Waals surface area contributed by atoms with Gasteiger partial charge in [0.05, 0.1) is 0 Å². The fraction of sp³-hybridized carbons (Fsp3) is 0.0580. The Morgan fingerprint density at radius 3 is 1.33 bits per heavy atom. The van der Waals surface area contributed by atoms with Crippen molar-refractivity contribution in [1.82, 2.24) is 4.98 Å². The minimum Gasteiger partial charge on any atom is -0.500 e. The second kappa shape index (κ2) is 22.7. The first kappa shape index (κ1) is 48.7. The van der Waals surface area contributed by atoms with E-state index in [0.717, 1.165) is 76.4 Å². The number of benzene rings is 9. The van der Waals surface area contributed by atoms with Crippen molar-refractivity contribution in [2.75, 3.05) is 19.6 Å². The molecule has 0 bridgehead atoms. The van der Waals surface area contributed by atoms with Gasteiger partial charge in [0, 0.05) is 37.7 Å². The van der Waals surface area contributed by atoms with Crippen LogP contribution in [0.4, 0.5) is 22.7 Å². The van der Waals surface area contributed by atoms with E-state index in [2.05, 4.69) is 288 Å². The van der Waals surface area contributed by atoms with Crippen molar-refractivity contribution in [2.24, 2.45) is 0 Å². The van der Waals surface area contributed by atoms with Gasteiger partial charge in [-0.05, 0) is 118 Å². The fourth-order valence-electron chi connectivity index (χ4n) is 9.80. The normalized spacial score (nSPS) is 12.9. The number of para-hydroxylation sites is 2. The summed E-state index contributed by atoms with van der Waals surface area (Å²) in [5.74, 6) is 0. The Hall–Kier alpha value is -8.54. The number of pyridine rings is 1. The number of hydrogen-bond acceptors (Lipinski definition) is 5. The second-order valence-electron chi connectivity index (χ2n) is 18.7. The molecule has 367 valence electrons. The summed E-state index contributed by atoms with van der Waals surface area (Å²) in [6, 6.07) is 90.5. The van der Waals surface area contributed by atoms with Gasteiger partial charge in [-0.15, -0.1) is 66.7 Å². The van der Waals surface area contributed by atoms with Gasteiger partial charge in [0.15, 0.2) is 0 Å². The third kappa shape index (κ3) is 11.3. The van der Waals surface area contributed by atoms with E-state index in [0.29, 0.717) is 0 Å². The molecule has 0 saturated heterocycles. The van der Waals surface area contributed by atoms with E-state index in [-0.39, 0.29) is 20.1 Å². The van der Waals surface area contributed by atoms with Crippen LogP contribution in [0.15, 0.2) is 255 Å². The van der Waals surface area contributed by atoms with E-state index in [1.807, 2.05) is 18.3 Å². The minimum atomic E-state index is 0. The minimum absolute atomic E-state index is 0. The van der Waals surface area contributed by atoms with E-state index < -0.39 is 0 Å². The van der Waals surface area contributed by atoms with E-state index in [1.165, 1.54) is 50.1 Å². The third-order valence-corrected chi connectivity index (χ3v) is 13.8. The van der Waals surface area contributed by atoms with Crippen molar-refractivity contribution in [3.05, 3.63) is 309 Å². The largest absolute Gasteiger partial charge is 0.500 e. The number of nitrogens with zero attached hydrogens (tertiary/aromatic N) is 5. The summed E-state index contributed by atoms with van der Waals surface area (Å²) < 4.78 is 0. The summed E-state index contributed by atoms with van der Waals surface area (Å²) in [6.45, 7) is 4.19. The van der Waals surface area contributed by atoms with E-state index in [4.69, 9.17) is 4.98 Å². The predicted molar refractivity (Wildman–Crippen MR) is 305 cm³/mol. The van der Waals surface area contributed by atoms with Gasteiger partial charge in [-0.2, -0.15) is 47.5 Å². The molecule has 2 aliphatic rings. The zero-order valence-corrected chi connectivity index (χ0v) is 43.7. The van der Waals surface area contributed by atoms with E-state index in [1.54, 1.807) is 0 Å². The first-order chi connectivity index (χ1) is 36.6. The number of aromatic nitrogens is 1. The van der Waals surface area contributed by atoms with Crippen molar-refractivity contribution in [3.63, 3.8) is 0 Å². The molecular formula is C69H52IrN5-5. The van der Waals surface area contributed by atoms with Crippen LogP contribution in [0.25, 0.3) is 55.8 Å². The maximum absolute atomic E-state index is 4.79. The average molecular weight is 1140 g/mol. The van der Waals surface area contributed by atoms with Crippen LogP contribution in [0.1, 0.15) is 22.3 Å². The molecule has 0 aliphatic carbocycles. The zero-order chi connectivity index (χ0) is 49.5. The molecule has 75 heavy (non-hydrogen) atoms. The monoisotopic (exact) mass is 1140 g/mol. The Balaban J connectivity index is 0.00000602. The van der Waals surface area contributed by atoms with Gasteiger partial charge >= 0.3 is 0 Å². The molecule has 0 saturated carbocycles. The first-order valence-electron chi connectivity index (χ1n) is 25.3. The van der Waals surface area contributed by atoms with Gasteiger partial charge < -0.3 is 24.6 Å². The summed E-state index contributed by atoms with van der Waals surface area (Å²) >= 11 is 0. The van der Waals surface area contributed by atoms with E-state index >= 15 is 0 Å². The van der Waals surface area contributed by atoms with Crippen LogP contribution in [0.5, 0.6) is 0 Å². The van der Waals surface area contributed by atoms with Crippen LogP contribution < -0.4 is 19.6 Å². The maximum Gasteiger partial charge on any atom is 0.0166 e. The molecule has 10 aromatic rings. The molecule has 0 unspecified atom stereocenters. The van der Waals surface area contributed by atoms with Crippen molar-refractivity contribution < 1.29 is 20.1 Å². The molecule has 5 nitrogen and oxygen atoms in total. The fourth-order valence-corrected chi connectivity index (χ4v) is 9.80. The molecule has 0 amide bonds. The molecule has 0 fully saturated rings. The van der Waals surface area contributed by atoms with Crippen LogP contribution in [-0.2, 0) is 45.8 Å². The molecule has 1 aromatic heterocycles. The third-order valence-electron chi connectivity index (χ3n) is 13.8. The molecule has 3 heterocycles. The number of aryl methyl sites for hydroxylation is 4. The Kier molecular flexibility index (Phi) is 14.7. The van der Waals surface area contributed by atoms with Crippen molar-refractivity contribution in [1.29, 1.82) is 0 Å². The van der Waals surface area contributed by atoms with Crippen molar-refractivity contribution in [2.45, 2.75) is 25.7 Å². The van der Waals surface area contributed by atoms with Crippen LogP contribution in [0.2, 0.25) is 0 Å². The van der Waals surface area contributed by atoms with Gasteiger partial charge in [0.2, 0.25) is 0 Å². The van der Waals surface area contributed by atoms with Gasteiger partial charge in [-0.1, -0.05) is 163 Å². The van der Waals surface area contributed by atoms with Crippen LogP contribution >= 0.6 is 0 Å². The summed E-state index contributed by atoms with van der Waals surface area (Å²) in [7, 11) is 0. The summed E-state index contributed by atoms with van der Waals surface area (Å²) in [4.78, 5) is 13.3. The van der Waals surface area contributed by atoms with Crippen molar-refractivity contribution in [3.8, 4) is 55.8 Å². The standard InChI is InChI=1S/C69H52N5.Ir/c1-4-12-56(13-5-1)57-28-30-58(31-29-57)61-40-41-70-69(49-61)60-34-32-59(33-35-60)67-18-10-11-19-68(67)62-47-54(22-20-52-24-36-65(37-25-52)73-44-42-71(50-73)63-14-6-2-7-15-63)46-55(48-62)23-21-53-26-38-66(39-27-53)74-45-43-72(51-74)64-16-8-3-9-17-64;/h1-19,24-34,36,38,40-51H,20-23H2;/q-5;. The zero-order valence-electron chi connectivity index (χ0n) is 41.3. The Bertz CT molecular complexity index is 3410. The summed E-state index contributed by atoms with van der Waals surface area (Å²) in [5.41, 5.74) is 20.7. The number of rotatable bonds is 15. The van der Waals surface area contributed by atoms with Gasteiger partial charge in [0.25, 0.3) is 0 Å². The maximum atomic E-state index is 4.79.